The number of imidazole rings is 1. The van der Waals surface area contributed by atoms with Gasteiger partial charge >= 0.3 is 0 Å². The van der Waals surface area contributed by atoms with Crippen LogP contribution in [0.1, 0.15) is 0 Å². The maximum atomic E-state index is 13.0. The van der Waals surface area contributed by atoms with Crippen LogP contribution in [0.15, 0.2) is 78.0 Å². The van der Waals surface area contributed by atoms with Gasteiger partial charge in [0.1, 0.15) is 5.65 Å². The summed E-state index contributed by atoms with van der Waals surface area (Å²) in [6.45, 7) is 0. The lowest BCUT2D eigenvalue weighted by Crippen LogP contribution is -2.14. The fourth-order valence-corrected chi connectivity index (χ4v) is 4.14. The van der Waals surface area contributed by atoms with Crippen LogP contribution in [0.2, 0.25) is 0 Å². The maximum absolute atomic E-state index is 13.0. The quantitative estimate of drug-likeness (QED) is 0.524. The summed E-state index contributed by atoms with van der Waals surface area (Å²) in [7, 11) is -0.897. The van der Waals surface area contributed by atoms with Gasteiger partial charge in [0.2, 0.25) is 0 Å². The molecule has 0 atom stereocenters. The van der Waals surface area contributed by atoms with E-state index in [4.69, 9.17) is 9.47 Å². The fourth-order valence-electron chi connectivity index (χ4n) is 3.05. The molecule has 0 aliphatic rings. The van der Waals surface area contributed by atoms with E-state index in [1.54, 1.807) is 18.2 Å². The van der Waals surface area contributed by atoms with Crippen molar-refractivity contribution in [3.63, 3.8) is 0 Å². The molecule has 0 aliphatic carbocycles. The third-order valence-corrected chi connectivity index (χ3v) is 5.84. The van der Waals surface area contributed by atoms with Gasteiger partial charge in [0.05, 0.1) is 30.5 Å². The molecule has 0 aliphatic heterocycles. The SMILES string of the molecule is COc1ccc(S(=O)(=O)Nc2ccccc2-c2cn3ccccc3n2)cc1OC. The van der Waals surface area contributed by atoms with Crippen LogP contribution in [0.4, 0.5) is 5.69 Å². The van der Waals surface area contributed by atoms with Crippen LogP contribution in [0, 0.1) is 0 Å². The molecule has 0 saturated heterocycles. The van der Waals surface area contributed by atoms with Crippen molar-refractivity contribution in [1.82, 2.24) is 9.38 Å². The summed E-state index contributed by atoms with van der Waals surface area (Å²) in [6.07, 6.45) is 3.75. The first kappa shape index (κ1) is 18.8. The second-order valence-corrected chi connectivity index (χ2v) is 7.94. The van der Waals surface area contributed by atoms with E-state index in [2.05, 4.69) is 9.71 Å². The number of anilines is 1. The first-order valence-electron chi connectivity index (χ1n) is 8.80. The molecular formula is C21H19N3O4S. The average molecular weight is 409 g/mol. The summed E-state index contributed by atoms with van der Waals surface area (Å²) < 4.78 is 40.9. The number of aromatic nitrogens is 2. The van der Waals surface area contributed by atoms with Gasteiger partial charge in [-0.25, -0.2) is 13.4 Å². The molecule has 4 rings (SSSR count). The molecule has 2 aromatic heterocycles. The van der Waals surface area contributed by atoms with Crippen LogP contribution < -0.4 is 14.2 Å². The van der Waals surface area contributed by atoms with Crippen LogP contribution in [0.25, 0.3) is 16.9 Å². The number of para-hydroxylation sites is 1. The van der Waals surface area contributed by atoms with E-state index >= 15 is 0 Å². The van der Waals surface area contributed by atoms with Gasteiger partial charge in [-0.15, -0.1) is 0 Å². The van der Waals surface area contributed by atoms with Crippen molar-refractivity contribution in [3.8, 4) is 22.8 Å². The molecule has 0 amide bonds. The summed E-state index contributed by atoms with van der Waals surface area (Å²) in [4.78, 5) is 4.66. The van der Waals surface area contributed by atoms with Crippen molar-refractivity contribution < 1.29 is 17.9 Å². The third-order valence-electron chi connectivity index (χ3n) is 4.48. The number of pyridine rings is 1. The van der Waals surface area contributed by atoms with Crippen LogP contribution in [0.3, 0.4) is 0 Å². The highest BCUT2D eigenvalue weighted by Gasteiger charge is 2.19. The van der Waals surface area contributed by atoms with E-state index in [9.17, 15) is 8.42 Å². The van der Waals surface area contributed by atoms with Crippen molar-refractivity contribution in [2.75, 3.05) is 18.9 Å². The molecule has 7 nitrogen and oxygen atoms in total. The van der Waals surface area contributed by atoms with Crippen molar-refractivity contribution in [2.45, 2.75) is 4.90 Å². The van der Waals surface area contributed by atoms with E-state index < -0.39 is 10.0 Å². The van der Waals surface area contributed by atoms with Crippen LogP contribution in [-0.2, 0) is 10.0 Å². The molecule has 0 fully saturated rings. The normalized spacial score (nSPS) is 11.4. The minimum atomic E-state index is -3.85. The number of methoxy groups -OCH3 is 2. The predicted octanol–water partition coefficient (Wildman–Crippen LogP) is 3.82. The molecule has 148 valence electrons. The molecule has 4 aromatic rings. The molecular weight excluding hydrogens is 390 g/mol. The number of sulfonamides is 1. The van der Waals surface area contributed by atoms with Gasteiger partial charge in [-0.3, -0.25) is 4.72 Å². The number of hydrogen-bond acceptors (Lipinski definition) is 5. The van der Waals surface area contributed by atoms with Crippen LogP contribution in [-0.4, -0.2) is 32.0 Å². The highest BCUT2D eigenvalue weighted by Crippen LogP contribution is 2.32. The van der Waals surface area contributed by atoms with Gasteiger partial charge in [-0.1, -0.05) is 24.3 Å². The number of benzene rings is 2. The Morgan fingerprint density at radius 1 is 0.931 bits per heavy atom. The Labute approximate surface area is 168 Å². The second-order valence-electron chi connectivity index (χ2n) is 6.26. The highest BCUT2D eigenvalue weighted by atomic mass is 32.2. The molecule has 0 spiro atoms. The lowest BCUT2D eigenvalue weighted by Gasteiger charge is -2.13. The van der Waals surface area contributed by atoms with E-state index in [0.29, 0.717) is 28.4 Å². The van der Waals surface area contributed by atoms with E-state index in [1.165, 1.54) is 26.4 Å². The number of nitrogens with zero attached hydrogens (tertiary/aromatic N) is 2. The molecule has 1 N–H and O–H groups in total. The lowest BCUT2D eigenvalue weighted by molar-refractivity contribution is 0.354. The minimum absolute atomic E-state index is 0.0694. The lowest BCUT2D eigenvalue weighted by atomic mass is 10.1. The van der Waals surface area contributed by atoms with Gasteiger partial charge in [0, 0.05) is 24.0 Å². The van der Waals surface area contributed by atoms with Crippen molar-refractivity contribution in [3.05, 3.63) is 73.1 Å². The maximum Gasteiger partial charge on any atom is 0.262 e. The summed E-state index contributed by atoms with van der Waals surface area (Å²) in [5, 5.41) is 0. The molecule has 8 heteroatoms. The van der Waals surface area contributed by atoms with E-state index in [0.717, 1.165) is 5.65 Å². The van der Waals surface area contributed by atoms with Crippen LogP contribution in [0.5, 0.6) is 11.5 Å². The number of rotatable bonds is 6. The van der Waals surface area contributed by atoms with Gasteiger partial charge in [0.25, 0.3) is 10.0 Å². The number of nitrogens with one attached hydrogen (secondary N) is 1. The Kier molecular flexibility index (Phi) is 4.85. The second kappa shape index (κ2) is 7.48. The Morgan fingerprint density at radius 2 is 1.69 bits per heavy atom. The van der Waals surface area contributed by atoms with Crippen LogP contribution >= 0.6 is 0 Å². The van der Waals surface area contributed by atoms with Crippen molar-refractivity contribution in [2.24, 2.45) is 0 Å². The summed E-state index contributed by atoms with van der Waals surface area (Å²) >= 11 is 0. The zero-order chi connectivity index (χ0) is 20.4. The molecule has 2 aromatic carbocycles. The minimum Gasteiger partial charge on any atom is -0.493 e. The number of hydrogen-bond donors (Lipinski definition) is 1. The Hall–Kier alpha value is -3.52. The monoisotopic (exact) mass is 409 g/mol. The molecule has 0 saturated carbocycles. The summed E-state index contributed by atoms with van der Waals surface area (Å²) in [6, 6.07) is 17.3. The Morgan fingerprint density at radius 3 is 2.45 bits per heavy atom. The largest absolute Gasteiger partial charge is 0.493 e. The summed E-state index contributed by atoms with van der Waals surface area (Å²) in [5.74, 6) is 0.792. The predicted molar refractivity (Wildman–Crippen MR) is 111 cm³/mol. The van der Waals surface area contributed by atoms with Gasteiger partial charge < -0.3 is 13.9 Å². The summed E-state index contributed by atoms with van der Waals surface area (Å²) in [5.41, 5.74) is 2.56. The van der Waals surface area contributed by atoms with Crippen molar-refractivity contribution in [1.29, 1.82) is 0 Å². The standard InChI is InChI=1S/C21H19N3O4S/c1-27-19-11-10-15(13-20(19)28-2)29(25,26)23-17-8-4-3-7-16(17)18-14-24-12-6-5-9-21(24)22-18/h3-14,23H,1-2H3. The van der Waals surface area contributed by atoms with Gasteiger partial charge in [-0.2, -0.15) is 0 Å². The molecule has 0 unspecified atom stereocenters. The zero-order valence-electron chi connectivity index (χ0n) is 15.9. The molecule has 0 radical (unpaired) electrons. The Bertz CT molecular complexity index is 1250. The zero-order valence-corrected chi connectivity index (χ0v) is 16.7. The number of fused-ring (bicyclic) bond motifs is 1. The van der Waals surface area contributed by atoms with E-state index in [-0.39, 0.29) is 4.90 Å². The first-order chi connectivity index (χ1) is 14.0. The molecule has 0 bridgehead atoms. The van der Waals surface area contributed by atoms with Gasteiger partial charge in [0.15, 0.2) is 11.5 Å². The third kappa shape index (κ3) is 3.62. The smallest absolute Gasteiger partial charge is 0.262 e. The van der Waals surface area contributed by atoms with Gasteiger partial charge in [-0.05, 0) is 30.3 Å². The number of ether oxygens (including phenoxy) is 2. The topological polar surface area (TPSA) is 81.9 Å². The fraction of sp³-hybridized carbons (Fsp3) is 0.0952. The molecule has 2 heterocycles. The Balaban J connectivity index is 1.73. The van der Waals surface area contributed by atoms with Crippen molar-refractivity contribution >= 4 is 21.4 Å². The van der Waals surface area contributed by atoms with E-state index in [1.807, 2.05) is 47.1 Å². The average Bonchev–Trinajstić information content (AvgIpc) is 3.17. The first-order valence-corrected chi connectivity index (χ1v) is 10.3. The highest BCUT2D eigenvalue weighted by molar-refractivity contribution is 7.92. The molecule has 29 heavy (non-hydrogen) atoms.